The van der Waals surface area contributed by atoms with Gasteiger partial charge in [0.15, 0.2) is 5.76 Å². The fourth-order valence-corrected chi connectivity index (χ4v) is 4.84. The van der Waals surface area contributed by atoms with Crippen LogP contribution in [0, 0.1) is 0 Å². The van der Waals surface area contributed by atoms with Gasteiger partial charge >= 0.3 is 5.97 Å². The number of carbonyl (C=O) groups is 2. The van der Waals surface area contributed by atoms with Crippen LogP contribution >= 0.6 is 22.9 Å². The molecule has 0 spiro atoms. The van der Waals surface area contributed by atoms with Gasteiger partial charge in [0.2, 0.25) is 0 Å². The minimum Gasteiger partial charge on any atom is -0.465 e. The van der Waals surface area contributed by atoms with Crippen LogP contribution in [0.25, 0.3) is 0 Å². The average molecular weight is 441 g/mol. The number of hydrogen-bond acceptors (Lipinski definition) is 7. The van der Waals surface area contributed by atoms with E-state index >= 15 is 0 Å². The lowest BCUT2D eigenvalue weighted by Gasteiger charge is -2.13. The normalized spacial score (nSPS) is 11.1. The zero-order valence-electron chi connectivity index (χ0n) is 14.3. The standard InChI is InChI=1S/C17H13ClN2O6S2/c1-25-17(22)15-14(6-8-27-15)28(23,24)20-11-5-4-10(18)9-12(11)19-16(21)13-3-2-7-26-13/h2-9,20H,1H3,(H,19,21). The molecule has 0 aliphatic rings. The summed E-state index contributed by atoms with van der Waals surface area (Å²) >= 11 is 6.91. The number of halogens is 1. The molecule has 1 aromatic carbocycles. The van der Waals surface area contributed by atoms with Crippen molar-refractivity contribution < 1.29 is 27.2 Å². The molecule has 1 amide bonds. The fraction of sp³-hybridized carbons (Fsp3) is 0.0588. The molecule has 0 aliphatic heterocycles. The van der Waals surface area contributed by atoms with Gasteiger partial charge in [-0.25, -0.2) is 13.2 Å². The summed E-state index contributed by atoms with van der Waals surface area (Å²) in [5.74, 6) is -1.31. The number of carbonyl (C=O) groups excluding carboxylic acids is 2. The smallest absolute Gasteiger partial charge is 0.349 e. The minimum absolute atomic E-state index is 0.0413. The third-order valence-electron chi connectivity index (χ3n) is 3.51. The Morgan fingerprint density at radius 1 is 1.18 bits per heavy atom. The van der Waals surface area contributed by atoms with Gasteiger partial charge in [-0.05, 0) is 41.8 Å². The van der Waals surface area contributed by atoms with Crippen LogP contribution in [-0.2, 0) is 14.8 Å². The van der Waals surface area contributed by atoms with Crippen LogP contribution in [0.2, 0.25) is 5.02 Å². The maximum Gasteiger partial charge on any atom is 0.349 e. The van der Waals surface area contributed by atoms with Crippen molar-refractivity contribution in [2.24, 2.45) is 0 Å². The van der Waals surface area contributed by atoms with E-state index in [4.69, 9.17) is 16.0 Å². The molecule has 2 N–H and O–H groups in total. The Kier molecular flexibility index (Phi) is 5.73. The lowest BCUT2D eigenvalue weighted by atomic mass is 10.2. The highest BCUT2D eigenvalue weighted by Crippen LogP contribution is 2.30. The molecule has 2 heterocycles. The molecule has 8 nitrogen and oxygen atoms in total. The number of nitrogens with one attached hydrogen (secondary N) is 2. The zero-order chi connectivity index (χ0) is 20.3. The second-order valence-corrected chi connectivity index (χ2v) is 8.34. The highest BCUT2D eigenvalue weighted by atomic mass is 35.5. The molecule has 2 aromatic heterocycles. The molecule has 0 saturated heterocycles. The lowest BCUT2D eigenvalue weighted by Crippen LogP contribution is -2.18. The average Bonchev–Trinajstić information content (AvgIpc) is 3.35. The topological polar surface area (TPSA) is 115 Å². The van der Waals surface area contributed by atoms with Crippen molar-refractivity contribution in [3.8, 4) is 0 Å². The van der Waals surface area contributed by atoms with Crippen LogP contribution in [0.1, 0.15) is 20.2 Å². The van der Waals surface area contributed by atoms with E-state index in [0.717, 1.165) is 18.4 Å². The van der Waals surface area contributed by atoms with Gasteiger partial charge in [0, 0.05) is 5.02 Å². The van der Waals surface area contributed by atoms with Crippen LogP contribution in [0.15, 0.2) is 57.4 Å². The summed E-state index contributed by atoms with van der Waals surface area (Å²) in [4.78, 5) is 23.7. The molecule has 0 aliphatic carbocycles. The number of hydrogen-bond donors (Lipinski definition) is 2. The Bertz CT molecular complexity index is 1120. The Labute approximate surface area is 169 Å². The molecular formula is C17H13ClN2O6S2. The second kappa shape index (κ2) is 8.05. The van der Waals surface area contributed by atoms with Crippen LogP contribution in [0.3, 0.4) is 0 Å². The number of sulfonamides is 1. The predicted octanol–water partition coefficient (Wildman–Crippen LogP) is 3.83. The number of amides is 1. The van der Waals surface area contributed by atoms with Gasteiger partial charge in [0.1, 0.15) is 9.77 Å². The van der Waals surface area contributed by atoms with Crippen LogP contribution in [0.5, 0.6) is 0 Å². The monoisotopic (exact) mass is 440 g/mol. The molecule has 0 unspecified atom stereocenters. The lowest BCUT2D eigenvalue weighted by molar-refractivity contribution is 0.0602. The van der Waals surface area contributed by atoms with Crippen molar-refractivity contribution in [1.82, 2.24) is 0 Å². The van der Waals surface area contributed by atoms with E-state index in [9.17, 15) is 18.0 Å². The summed E-state index contributed by atoms with van der Waals surface area (Å²) in [5, 5.41) is 4.28. The highest BCUT2D eigenvalue weighted by Gasteiger charge is 2.26. The largest absolute Gasteiger partial charge is 0.465 e. The highest BCUT2D eigenvalue weighted by molar-refractivity contribution is 7.93. The van der Waals surface area contributed by atoms with Crippen LogP contribution in [-0.4, -0.2) is 27.4 Å². The van der Waals surface area contributed by atoms with Gasteiger partial charge in [-0.2, -0.15) is 0 Å². The van der Waals surface area contributed by atoms with Gasteiger partial charge in [-0.1, -0.05) is 11.6 Å². The fourth-order valence-electron chi connectivity index (χ4n) is 2.25. The number of anilines is 2. The first-order chi connectivity index (χ1) is 13.3. The summed E-state index contributed by atoms with van der Waals surface area (Å²) in [7, 11) is -2.98. The van der Waals surface area contributed by atoms with E-state index in [1.165, 1.54) is 42.0 Å². The molecule has 0 fully saturated rings. The molecule has 0 saturated carbocycles. The molecule has 28 heavy (non-hydrogen) atoms. The van der Waals surface area contributed by atoms with Crippen molar-refractivity contribution >= 4 is 56.2 Å². The van der Waals surface area contributed by atoms with Gasteiger partial charge < -0.3 is 14.5 Å². The number of methoxy groups -OCH3 is 1. The molecular weight excluding hydrogens is 428 g/mol. The second-order valence-electron chi connectivity index (χ2n) is 5.33. The van der Waals surface area contributed by atoms with E-state index in [1.807, 2.05) is 0 Å². The van der Waals surface area contributed by atoms with Crippen molar-refractivity contribution in [3.63, 3.8) is 0 Å². The molecule has 11 heteroatoms. The van der Waals surface area contributed by atoms with Crippen molar-refractivity contribution in [2.45, 2.75) is 4.90 Å². The SMILES string of the molecule is COC(=O)c1sccc1S(=O)(=O)Nc1ccc(Cl)cc1NC(=O)c1ccco1. The van der Waals surface area contributed by atoms with E-state index in [-0.39, 0.29) is 31.9 Å². The third kappa shape index (κ3) is 4.19. The van der Waals surface area contributed by atoms with E-state index in [1.54, 1.807) is 6.07 Å². The van der Waals surface area contributed by atoms with Crippen molar-refractivity contribution in [2.75, 3.05) is 17.1 Å². The number of thiophene rings is 1. The molecule has 3 rings (SSSR count). The summed E-state index contributed by atoms with van der Waals surface area (Å²) in [6.45, 7) is 0. The molecule has 146 valence electrons. The maximum absolute atomic E-state index is 12.8. The van der Waals surface area contributed by atoms with E-state index in [2.05, 4.69) is 14.8 Å². The molecule has 0 bridgehead atoms. The summed E-state index contributed by atoms with van der Waals surface area (Å²) in [6, 6.07) is 8.52. The van der Waals surface area contributed by atoms with Crippen LogP contribution in [0.4, 0.5) is 11.4 Å². The van der Waals surface area contributed by atoms with Crippen molar-refractivity contribution in [1.29, 1.82) is 0 Å². The predicted molar refractivity (Wildman–Crippen MR) is 105 cm³/mol. The minimum atomic E-state index is -4.14. The summed E-state index contributed by atoms with van der Waals surface area (Å²) < 4.78 is 37.5. The van der Waals surface area contributed by atoms with Crippen molar-refractivity contribution in [3.05, 3.63) is 63.7 Å². The van der Waals surface area contributed by atoms with Crippen LogP contribution < -0.4 is 10.0 Å². The number of esters is 1. The Morgan fingerprint density at radius 2 is 1.96 bits per heavy atom. The third-order valence-corrected chi connectivity index (χ3v) is 6.18. The first-order valence-electron chi connectivity index (χ1n) is 7.65. The first kappa shape index (κ1) is 19.9. The molecule has 0 radical (unpaired) electrons. The first-order valence-corrected chi connectivity index (χ1v) is 10.4. The number of rotatable bonds is 6. The quantitative estimate of drug-likeness (QED) is 0.563. The van der Waals surface area contributed by atoms with Gasteiger partial charge in [-0.15, -0.1) is 11.3 Å². The zero-order valence-corrected chi connectivity index (χ0v) is 16.7. The number of ether oxygens (including phenoxy) is 1. The van der Waals surface area contributed by atoms with E-state index in [0.29, 0.717) is 0 Å². The Balaban J connectivity index is 1.93. The van der Waals surface area contributed by atoms with E-state index < -0.39 is 21.9 Å². The summed E-state index contributed by atoms with van der Waals surface area (Å²) in [6.07, 6.45) is 1.33. The summed E-state index contributed by atoms with van der Waals surface area (Å²) in [5.41, 5.74) is 0.179. The van der Waals surface area contributed by atoms with Gasteiger partial charge in [0.25, 0.3) is 15.9 Å². The van der Waals surface area contributed by atoms with Gasteiger partial charge in [-0.3, -0.25) is 9.52 Å². The maximum atomic E-state index is 12.8. The molecule has 0 atom stereocenters. The number of benzene rings is 1. The molecule has 3 aromatic rings. The Morgan fingerprint density at radius 3 is 2.64 bits per heavy atom. The van der Waals surface area contributed by atoms with Gasteiger partial charge in [0.05, 0.1) is 24.7 Å². The number of furan rings is 1. The Hall–Kier alpha value is -2.82.